The van der Waals surface area contributed by atoms with E-state index in [1.54, 1.807) is 24.3 Å². The molecule has 0 amide bonds. The molecule has 0 saturated heterocycles. The Balaban J connectivity index is 2.75. The van der Waals surface area contributed by atoms with Crippen LogP contribution in [-0.2, 0) is 0 Å². The lowest BCUT2D eigenvalue weighted by Gasteiger charge is -2.04. The maximum Gasteiger partial charge on any atom is 0.354 e. The maximum atomic E-state index is 11.9. The van der Waals surface area contributed by atoms with Crippen LogP contribution in [0.15, 0.2) is 42.7 Å². The lowest BCUT2D eigenvalue weighted by molar-refractivity contribution is 0.462. The first kappa shape index (κ1) is 11.0. The van der Waals surface area contributed by atoms with Gasteiger partial charge in [0.1, 0.15) is 9.86 Å². The largest absolute Gasteiger partial charge is 0.506 e. The maximum absolute atomic E-state index is 11.9. The summed E-state index contributed by atoms with van der Waals surface area (Å²) >= 11 is 2.89. The summed E-state index contributed by atoms with van der Waals surface area (Å²) in [5, 5.41) is 10.4. The van der Waals surface area contributed by atoms with Crippen LogP contribution >= 0.6 is 15.9 Å². The summed E-state index contributed by atoms with van der Waals surface area (Å²) in [7, 11) is 0. The first-order chi connectivity index (χ1) is 8.59. The number of H-pyrrole nitrogens is 1. The molecule has 2 aromatic heterocycles. The minimum atomic E-state index is -0.726. The predicted molar refractivity (Wildman–Crippen MR) is 70.0 cm³/mol. The highest BCUT2D eigenvalue weighted by Gasteiger charge is 2.16. The van der Waals surface area contributed by atoms with Crippen LogP contribution in [-0.4, -0.2) is 10.1 Å². The van der Waals surface area contributed by atoms with E-state index in [1.807, 2.05) is 0 Å². The van der Waals surface area contributed by atoms with Crippen LogP contribution in [0.5, 0.6) is 5.75 Å². The number of fused-ring (bicyclic) bond motifs is 3. The molecule has 0 saturated carbocycles. The zero-order valence-electron chi connectivity index (χ0n) is 8.86. The number of hydrogen-bond acceptors (Lipinski definition) is 4. The van der Waals surface area contributed by atoms with Crippen molar-refractivity contribution in [3.8, 4) is 5.75 Å². The number of aromatic nitrogens is 1. The van der Waals surface area contributed by atoms with E-state index in [1.165, 1.54) is 0 Å². The van der Waals surface area contributed by atoms with E-state index in [9.17, 15) is 14.7 Å². The van der Waals surface area contributed by atoms with Crippen molar-refractivity contribution < 1.29 is 9.52 Å². The van der Waals surface area contributed by atoms with Crippen molar-refractivity contribution in [1.82, 2.24) is 4.98 Å². The molecule has 3 rings (SSSR count). The highest BCUT2D eigenvalue weighted by atomic mass is 79.9. The number of nitrogens with one attached hydrogen (secondary N) is 1. The summed E-state index contributed by atoms with van der Waals surface area (Å²) in [4.78, 5) is 26.0. The second-order valence-corrected chi connectivity index (χ2v) is 4.55. The van der Waals surface area contributed by atoms with E-state index in [0.717, 1.165) is 0 Å². The SMILES string of the molecule is O=c1oc2c(c(O)c1Br)c(=O)[nH]c1ccccc12. The molecular formula is C12H6BrNO4. The van der Waals surface area contributed by atoms with Crippen molar-refractivity contribution in [1.29, 1.82) is 0 Å². The van der Waals surface area contributed by atoms with Gasteiger partial charge < -0.3 is 14.5 Å². The monoisotopic (exact) mass is 307 g/mol. The first-order valence-electron chi connectivity index (χ1n) is 5.06. The van der Waals surface area contributed by atoms with Gasteiger partial charge in [-0.25, -0.2) is 4.79 Å². The molecule has 2 heterocycles. The van der Waals surface area contributed by atoms with Crippen molar-refractivity contribution >= 4 is 37.8 Å². The number of aromatic hydroxyl groups is 1. The number of halogens is 1. The summed E-state index contributed by atoms with van der Waals surface area (Å²) in [5.41, 5.74) is -0.610. The summed E-state index contributed by atoms with van der Waals surface area (Å²) < 4.78 is 4.93. The molecule has 3 aromatic rings. The molecule has 0 radical (unpaired) electrons. The lowest BCUT2D eigenvalue weighted by atomic mass is 10.1. The van der Waals surface area contributed by atoms with E-state index >= 15 is 0 Å². The summed E-state index contributed by atoms with van der Waals surface area (Å²) in [6, 6.07) is 6.89. The van der Waals surface area contributed by atoms with Gasteiger partial charge in [-0.1, -0.05) is 12.1 Å². The zero-order chi connectivity index (χ0) is 12.9. The second kappa shape index (κ2) is 3.71. The fourth-order valence-corrected chi connectivity index (χ4v) is 2.16. The van der Waals surface area contributed by atoms with E-state index < -0.39 is 16.9 Å². The van der Waals surface area contributed by atoms with Crippen molar-refractivity contribution in [3.63, 3.8) is 0 Å². The summed E-state index contributed by atoms with van der Waals surface area (Å²) in [6.45, 7) is 0. The van der Waals surface area contributed by atoms with Crippen molar-refractivity contribution in [2.45, 2.75) is 0 Å². The van der Waals surface area contributed by atoms with Crippen LogP contribution in [0.2, 0.25) is 0 Å². The van der Waals surface area contributed by atoms with Gasteiger partial charge in [-0.15, -0.1) is 0 Å². The third-order valence-corrected chi connectivity index (χ3v) is 3.39. The van der Waals surface area contributed by atoms with Crippen LogP contribution < -0.4 is 11.2 Å². The number of aromatic amines is 1. The van der Waals surface area contributed by atoms with Crippen molar-refractivity contribution in [3.05, 3.63) is 49.5 Å². The van der Waals surface area contributed by atoms with Crippen molar-refractivity contribution in [2.75, 3.05) is 0 Å². The molecule has 0 aliphatic carbocycles. The third-order valence-electron chi connectivity index (χ3n) is 2.69. The molecule has 0 aliphatic heterocycles. The topological polar surface area (TPSA) is 83.3 Å². The number of rotatable bonds is 0. The highest BCUT2D eigenvalue weighted by molar-refractivity contribution is 9.10. The van der Waals surface area contributed by atoms with Gasteiger partial charge in [0.05, 0.1) is 5.52 Å². The van der Waals surface area contributed by atoms with E-state index in [0.29, 0.717) is 10.9 Å². The Morgan fingerprint density at radius 2 is 1.94 bits per heavy atom. The molecule has 0 fully saturated rings. The van der Waals surface area contributed by atoms with Gasteiger partial charge in [-0.05, 0) is 28.1 Å². The van der Waals surface area contributed by atoms with Crippen LogP contribution in [0, 0.1) is 0 Å². The Hall–Kier alpha value is -2.08. The van der Waals surface area contributed by atoms with Gasteiger partial charge in [0, 0.05) is 5.39 Å². The lowest BCUT2D eigenvalue weighted by Crippen LogP contribution is -2.10. The molecule has 1 aromatic carbocycles. The Kier molecular flexibility index (Phi) is 2.27. The standard InChI is InChI=1S/C12H6BrNO4/c13-8-9(15)7-10(18-12(8)17)5-3-1-2-4-6(5)14-11(7)16/h1-4,15H,(H,14,16). The molecule has 5 nitrogen and oxygen atoms in total. The Labute approximate surface area is 108 Å². The third kappa shape index (κ3) is 1.39. The van der Waals surface area contributed by atoms with E-state index in [2.05, 4.69) is 20.9 Å². The molecule has 0 bridgehead atoms. The van der Waals surface area contributed by atoms with Crippen LogP contribution in [0.25, 0.3) is 21.9 Å². The molecule has 0 atom stereocenters. The molecule has 0 unspecified atom stereocenters. The van der Waals surface area contributed by atoms with Gasteiger partial charge in [0.25, 0.3) is 5.56 Å². The fraction of sp³-hybridized carbons (Fsp3) is 0. The number of para-hydroxylation sites is 1. The van der Waals surface area contributed by atoms with Crippen LogP contribution in [0.1, 0.15) is 0 Å². The van der Waals surface area contributed by atoms with Gasteiger partial charge in [-0.2, -0.15) is 0 Å². The highest BCUT2D eigenvalue weighted by Crippen LogP contribution is 2.30. The number of pyridine rings is 1. The number of benzene rings is 1. The summed E-state index contributed by atoms with van der Waals surface area (Å²) in [5.74, 6) is -0.409. The number of hydrogen-bond donors (Lipinski definition) is 2. The Morgan fingerprint density at radius 3 is 2.72 bits per heavy atom. The molecule has 18 heavy (non-hydrogen) atoms. The summed E-state index contributed by atoms with van der Waals surface area (Å²) in [6.07, 6.45) is 0. The second-order valence-electron chi connectivity index (χ2n) is 3.76. The first-order valence-corrected chi connectivity index (χ1v) is 5.85. The zero-order valence-corrected chi connectivity index (χ0v) is 10.4. The molecule has 6 heteroatoms. The van der Waals surface area contributed by atoms with Crippen molar-refractivity contribution in [2.24, 2.45) is 0 Å². The quantitative estimate of drug-likeness (QED) is 0.623. The fourth-order valence-electron chi connectivity index (χ4n) is 1.88. The smallest absolute Gasteiger partial charge is 0.354 e. The predicted octanol–water partition coefficient (Wildman–Crippen LogP) is 2.10. The minimum Gasteiger partial charge on any atom is -0.506 e. The Bertz CT molecular complexity index is 894. The van der Waals surface area contributed by atoms with E-state index in [4.69, 9.17) is 4.42 Å². The van der Waals surface area contributed by atoms with Gasteiger partial charge in [0.2, 0.25) is 0 Å². The van der Waals surface area contributed by atoms with Gasteiger partial charge in [-0.3, -0.25) is 4.79 Å². The molecular weight excluding hydrogens is 302 g/mol. The molecule has 90 valence electrons. The molecule has 0 aliphatic rings. The molecule has 2 N–H and O–H groups in total. The Morgan fingerprint density at radius 1 is 1.22 bits per heavy atom. The molecule has 0 spiro atoms. The van der Waals surface area contributed by atoms with Crippen LogP contribution in [0.3, 0.4) is 0 Å². The minimum absolute atomic E-state index is 0.0415. The van der Waals surface area contributed by atoms with Gasteiger partial charge in [0.15, 0.2) is 11.3 Å². The normalized spacial score (nSPS) is 11.2. The van der Waals surface area contributed by atoms with Gasteiger partial charge >= 0.3 is 5.63 Å². The average Bonchev–Trinajstić information content (AvgIpc) is 2.35. The average molecular weight is 308 g/mol. The van der Waals surface area contributed by atoms with Crippen LogP contribution in [0.4, 0.5) is 0 Å². The van der Waals surface area contributed by atoms with E-state index in [-0.39, 0.29) is 15.4 Å².